The molecular formula is C40H44O6. The number of benzene rings is 4. The van der Waals surface area contributed by atoms with Crippen LogP contribution in [0, 0.1) is 0 Å². The first-order valence-electron chi connectivity index (χ1n) is 16.1. The minimum Gasteiger partial charge on any atom is -0.331 e. The van der Waals surface area contributed by atoms with Crippen molar-refractivity contribution in [3.8, 4) is 0 Å². The van der Waals surface area contributed by atoms with Gasteiger partial charge in [0, 0.05) is 22.3 Å². The van der Waals surface area contributed by atoms with Crippen molar-refractivity contribution in [1.29, 1.82) is 0 Å². The first-order valence-corrected chi connectivity index (χ1v) is 16.1. The summed E-state index contributed by atoms with van der Waals surface area (Å²) in [5.41, 5.74) is 1.47. The summed E-state index contributed by atoms with van der Waals surface area (Å²) in [6.45, 7) is 16.2. The predicted molar refractivity (Wildman–Crippen MR) is 175 cm³/mol. The third-order valence-electron chi connectivity index (χ3n) is 9.96. The van der Waals surface area contributed by atoms with Crippen molar-refractivity contribution in [3.63, 3.8) is 0 Å². The van der Waals surface area contributed by atoms with E-state index in [2.05, 4.69) is 0 Å². The van der Waals surface area contributed by atoms with E-state index in [4.69, 9.17) is 28.4 Å². The minimum absolute atomic E-state index is 0.611. The van der Waals surface area contributed by atoms with Crippen LogP contribution in [0.5, 0.6) is 0 Å². The third-order valence-corrected chi connectivity index (χ3v) is 9.96. The number of ether oxygens (including phenoxy) is 6. The molecular weight excluding hydrogens is 576 g/mol. The summed E-state index contributed by atoms with van der Waals surface area (Å²) in [6.07, 6.45) is 0. The SMILES string of the molecule is CC1(C)O[C@@]2(c3ccccc3)O[C@]1(c1ccccc1)OC2(C)C.CC1(C)O[C@]2(c3ccccc3)O[C@@]1(c1ccccc1)OC2(C)C. The second-order valence-electron chi connectivity index (χ2n) is 14.6. The molecule has 4 atom stereocenters. The summed E-state index contributed by atoms with van der Waals surface area (Å²) in [5, 5.41) is 0. The van der Waals surface area contributed by atoms with E-state index in [0.717, 1.165) is 22.3 Å². The largest absolute Gasteiger partial charge is 0.331 e. The van der Waals surface area contributed by atoms with E-state index in [-0.39, 0.29) is 0 Å². The van der Waals surface area contributed by atoms with Crippen molar-refractivity contribution in [3.05, 3.63) is 144 Å². The number of rotatable bonds is 4. The lowest BCUT2D eigenvalue weighted by atomic mass is 9.86. The van der Waals surface area contributed by atoms with Crippen LogP contribution in [0.2, 0.25) is 0 Å². The molecule has 0 spiro atoms. The topological polar surface area (TPSA) is 55.4 Å². The van der Waals surface area contributed by atoms with Crippen LogP contribution in [0.15, 0.2) is 121 Å². The fraction of sp³-hybridized carbons (Fsp3) is 0.400. The molecule has 4 saturated heterocycles. The smallest absolute Gasteiger partial charge is 0.228 e. The lowest BCUT2D eigenvalue weighted by molar-refractivity contribution is -0.298. The monoisotopic (exact) mass is 620 g/mol. The van der Waals surface area contributed by atoms with Crippen molar-refractivity contribution in [2.24, 2.45) is 0 Å². The van der Waals surface area contributed by atoms with Crippen LogP contribution in [-0.4, -0.2) is 22.4 Å². The Kier molecular flexibility index (Phi) is 6.84. The summed E-state index contributed by atoms with van der Waals surface area (Å²) in [4.78, 5) is 0. The first kappa shape index (κ1) is 31.3. The van der Waals surface area contributed by atoms with Crippen molar-refractivity contribution in [2.75, 3.05) is 0 Å². The van der Waals surface area contributed by atoms with Crippen LogP contribution >= 0.6 is 0 Å². The Hall–Kier alpha value is -3.36. The van der Waals surface area contributed by atoms with Crippen LogP contribution < -0.4 is 0 Å². The summed E-state index contributed by atoms with van der Waals surface area (Å²) < 4.78 is 39.4. The molecule has 0 saturated carbocycles. The van der Waals surface area contributed by atoms with E-state index in [1.165, 1.54) is 0 Å². The highest BCUT2D eigenvalue weighted by Gasteiger charge is 2.78. The third kappa shape index (κ3) is 4.11. The van der Waals surface area contributed by atoms with Gasteiger partial charge in [0.05, 0.1) is 0 Å². The van der Waals surface area contributed by atoms with Gasteiger partial charge in [0.15, 0.2) is 0 Å². The van der Waals surface area contributed by atoms with Crippen LogP contribution in [0.3, 0.4) is 0 Å². The standard InChI is InChI=1S/2C20H22O3/c2*1-17(2)19(15-11-7-5-8-12-15)22-18(3,4)20(21-17,23-19)16-13-9-6-10-14-16/h2*5-14H,1-4H3/t2*19-,20-/m10/s1. The van der Waals surface area contributed by atoms with Crippen LogP contribution in [0.25, 0.3) is 0 Å². The molecule has 46 heavy (non-hydrogen) atoms. The van der Waals surface area contributed by atoms with E-state index >= 15 is 0 Å². The molecule has 0 unspecified atom stereocenters. The molecule has 8 rings (SSSR count). The lowest BCUT2D eigenvalue weighted by Gasteiger charge is -2.46. The molecule has 4 aliphatic rings. The van der Waals surface area contributed by atoms with Crippen molar-refractivity contribution >= 4 is 0 Å². The van der Waals surface area contributed by atoms with Crippen molar-refractivity contribution < 1.29 is 28.4 Å². The Balaban J connectivity index is 0.000000147. The van der Waals surface area contributed by atoms with Crippen LogP contribution in [0.4, 0.5) is 0 Å². The van der Waals surface area contributed by atoms with Gasteiger partial charge in [-0.2, -0.15) is 0 Å². The summed E-state index contributed by atoms with van der Waals surface area (Å²) >= 11 is 0. The van der Waals surface area contributed by atoms with Crippen molar-refractivity contribution in [2.45, 2.75) is 101 Å². The summed E-state index contributed by atoms with van der Waals surface area (Å²) in [5.74, 6) is -3.69. The lowest BCUT2D eigenvalue weighted by Crippen LogP contribution is -2.56. The molecule has 0 aromatic heterocycles. The molecule has 0 amide bonds. The van der Waals surface area contributed by atoms with E-state index in [9.17, 15) is 0 Å². The Labute approximate surface area is 272 Å². The highest BCUT2D eigenvalue weighted by molar-refractivity contribution is 5.36. The molecule has 4 bridgehead atoms. The van der Waals surface area contributed by atoms with Gasteiger partial charge >= 0.3 is 0 Å². The van der Waals surface area contributed by atoms with Gasteiger partial charge in [0.2, 0.25) is 23.1 Å². The van der Waals surface area contributed by atoms with Gasteiger partial charge in [-0.1, -0.05) is 121 Å². The second kappa shape index (κ2) is 10.1. The fourth-order valence-electron chi connectivity index (χ4n) is 7.67. The zero-order chi connectivity index (χ0) is 32.7. The van der Waals surface area contributed by atoms with E-state index < -0.39 is 45.6 Å². The molecule has 240 valence electrons. The summed E-state index contributed by atoms with van der Waals surface area (Å²) in [6, 6.07) is 40.3. The van der Waals surface area contributed by atoms with E-state index in [0.29, 0.717) is 0 Å². The zero-order valence-electron chi connectivity index (χ0n) is 28.0. The van der Waals surface area contributed by atoms with Gasteiger partial charge in [-0.15, -0.1) is 0 Å². The van der Waals surface area contributed by atoms with Gasteiger partial charge < -0.3 is 28.4 Å². The van der Waals surface area contributed by atoms with E-state index in [1.54, 1.807) is 0 Å². The molecule has 0 radical (unpaired) electrons. The molecule has 4 fully saturated rings. The molecule has 0 aliphatic carbocycles. The fourth-order valence-corrected chi connectivity index (χ4v) is 7.67. The molecule has 4 aromatic carbocycles. The van der Waals surface area contributed by atoms with Crippen LogP contribution in [-0.2, 0) is 51.6 Å². The highest BCUT2D eigenvalue weighted by Crippen LogP contribution is 2.67. The molecule has 4 aromatic rings. The van der Waals surface area contributed by atoms with Gasteiger partial charge in [-0.3, -0.25) is 0 Å². The first-order chi connectivity index (χ1) is 21.7. The molecule has 4 heterocycles. The number of fused-ring (bicyclic) bond motifs is 4. The Morgan fingerprint density at radius 3 is 0.609 bits per heavy atom. The maximum Gasteiger partial charge on any atom is 0.228 e. The Morgan fingerprint density at radius 1 is 0.261 bits per heavy atom. The number of hydrogen-bond donors (Lipinski definition) is 0. The van der Waals surface area contributed by atoms with Gasteiger partial charge in [0.25, 0.3) is 0 Å². The second-order valence-corrected chi connectivity index (χ2v) is 14.6. The maximum atomic E-state index is 6.61. The average molecular weight is 621 g/mol. The molecule has 0 N–H and O–H groups in total. The Bertz CT molecular complexity index is 1450. The van der Waals surface area contributed by atoms with Crippen LogP contribution in [0.1, 0.15) is 77.6 Å². The van der Waals surface area contributed by atoms with Gasteiger partial charge in [-0.25, -0.2) is 0 Å². The molecule has 6 heteroatoms. The molecule has 6 nitrogen and oxygen atoms in total. The maximum absolute atomic E-state index is 6.61. The highest BCUT2D eigenvalue weighted by atomic mass is 16.9. The normalized spacial score (nSPS) is 33.7. The summed E-state index contributed by atoms with van der Waals surface area (Å²) in [7, 11) is 0. The predicted octanol–water partition coefficient (Wildman–Crippen LogP) is 8.65. The molecule has 4 aliphatic heterocycles. The minimum atomic E-state index is -0.923. The number of hydrogen-bond acceptors (Lipinski definition) is 6. The average Bonchev–Trinajstić information content (AvgIpc) is 3.64. The van der Waals surface area contributed by atoms with Crippen molar-refractivity contribution in [1.82, 2.24) is 0 Å². The Morgan fingerprint density at radius 2 is 0.435 bits per heavy atom. The zero-order valence-corrected chi connectivity index (χ0v) is 28.0. The van der Waals surface area contributed by atoms with Gasteiger partial charge in [0.1, 0.15) is 22.4 Å². The van der Waals surface area contributed by atoms with E-state index in [1.807, 2.05) is 177 Å². The quantitative estimate of drug-likeness (QED) is 0.228. The van der Waals surface area contributed by atoms with Gasteiger partial charge in [-0.05, 0) is 55.4 Å².